The van der Waals surface area contributed by atoms with E-state index in [1.165, 1.54) is 0 Å². The summed E-state index contributed by atoms with van der Waals surface area (Å²) in [5.74, 6) is 0.395. The van der Waals surface area contributed by atoms with Crippen molar-refractivity contribution in [2.24, 2.45) is 5.92 Å². The van der Waals surface area contributed by atoms with Crippen LogP contribution >= 0.6 is 0 Å². The Morgan fingerprint density at radius 1 is 1.64 bits per heavy atom. The number of aldehydes is 1. The van der Waals surface area contributed by atoms with E-state index in [1.807, 2.05) is 23.9 Å². The van der Waals surface area contributed by atoms with Crippen LogP contribution in [0.4, 0.5) is 0 Å². The van der Waals surface area contributed by atoms with Crippen molar-refractivity contribution >= 4 is 12.1 Å². The zero-order valence-corrected chi connectivity index (χ0v) is 8.56. The van der Waals surface area contributed by atoms with Crippen LogP contribution in [0.3, 0.4) is 0 Å². The molecule has 0 amide bonds. The van der Waals surface area contributed by atoms with Crippen LogP contribution in [-0.2, 0) is 11.3 Å². The van der Waals surface area contributed by atoms with Crippen LogP contribution in [0.2, 0.25) is 0 Å². The second-order valence-electron chi connectivity index (χ2n) is 3.66. The SMILES string of the molecule is CC(=O)c1ccn(CC(C)CC=O)c1. The predicted octanol–water partition coefficient (Wildman–Crippen LogP) is 1.92. The highest BCUT2D eigenvalue weighted by Crippen LogP contribution is 2.07. The largest absolute Gasteiger partial charge is 0.353 e. The number of aromatic nitrogens is 1. The number of Topliss-reactive ketones (excluding diaryl/α,β-unsaturated/α-hetero) is 1. The topological polar surface area (TPSA) is 39.1 Å². The monoisotopic (exact) mass is 193 g/mol. The lowest BCUT2D eigenvalue weighted by atomic mass is 10.1. The maximum atomic E-state index is 11.0. The van der Waals surface area contributed by atoms with Crippen molar-refractivity contribution in [2.75, 3.05) is 0 Å². The molecule has 0 saturated heterocycles. The molecule has 0 radical (unpaired) electrons. The van der Waals surface area contributed by atoms with E-state index < -0.39 is 0 Å². The predicted molar refractivity (Wildman–Crippen MR) is 54.3 cm³/mol. The van der Waals surface area contributed by atoms with Crippen molar-refractivity contribution in [1.29, 1.82) is 0 Å². The van der Waals surface area contributed by atoms with Gasteiger partial charge in [0.15, 0.2) is 5.78 Å². The van der Waals surface area contributed by atoms with E-state index >= 15 is 0 Å². The molecule has 0 saturated carbocycles. The molecule has 1 aromatic rings. The number of hydrogen-bond acceptors (Lipinski definition) is 2. The molecule has 1 rings (SSSR count). The van der Waals surface area contributed by atoms with Crippen LogP contribution in [0, 0.1) is 5.92 Å². The molecule has 1 unspecified atom stereocenters. The number of nitrogens with zero attached hydrogens (tertiary/aromatic N) is 1. The van der Waals surface area contributed by atoms with Crippen LogP contribution in [0.25, 0.3) is 0 Å². The minimum Gasteiger partial charge on any atom is -0.353 e. The molecule has 0 bridgehead atoms. The first-order valence-electron chi connectivity index (χ1n) is 4.74. The fraction of sp³-hybridized carbons (Fsp3) is 0.455. The summed E-state index contributed by atoms with van der Waals surface area (Å²) in [6.07, 6.45) is 5.19. The van der Waals surface area contributed by atoms with Crippen LogP contribution < -0.4 is 0 Å². The quantitative estimate of drug-likeness (QED) is 0.529. The molecular weight excluding hydrogens is 178 g/mol. The highest BCUT2D eigenvalue weighted by atomic mass is 16.1. The minimum absolute atomic E-state index is 0.0757. The smallest absolute Gasteiger partial charge is 0.161 e. The Balaban J connectivity index is 2.59. The molecule has 1 atom stereocenters. The minimum atomic E-state index is 0.0757. The number of carbonyl (C=O) groups is 2. The van der Waals surface area contributed by atoms with Crippen molar-refractivity contribution in [1.82, 2.24) is 4.57 Å². The fourth-order valence-electron chi connectivity index (χ4n) is 1.36. The Kier molecular flexibility index (Phi) is 3.63. The molecule has 0 aliphatic heterocycles. The van der Waals surface area contributed by atoms with E-state index in [4.69, 9.17) is 0 Å². The lowest BCUT2D eigenvalue weighted by molar-refractivity contribution is -0.108. The van der Waals surface area contributed by atoms with E-state index in [-0.39, 0.29) is 5.78 Å². The molecule has 1 aromatic heterocycles. The van der Waals surface area contributed by atoms with Gasteiger partial charge in [-0.15, -0.1) is 0 Å². The summed E-state index contributed by atoms with van der Waals surface area (Å²) in [7, 11) is 0. The van der Waals surface area contributed by atoms with Gasteiger partial charge in [-0.2, -0.15) is 0 Å². The average Bonchev–Trinajstić information content (AvgIpc) is 2.53. The number of ketones is 1. The van der Waals surface area contributed by atoms with Crippen LogP contribution in [0.1, 0.15) is 30.6 Å². The summed E-state index contributed by atoms with van der Waals surface area (Å²) in [5.41, 5.74) is 0.725. The van der Waals surface area contributed by atoms with E-state index in [2.05, 4.69) is 0 Å². The average molecular weight is 193 g/mol. The van der Waals surface area contributed by atoms with E-state index in [0.29, 0.717) is 12.3 Å². The van der Waals surface area contributed by atoms with Gasteiger partial charge in [-0.05, 0) is 18.9 Å². The number of rotatable bonds is 5. The molecule has 0 fully saturated rings. The Labute approximate surface area is 83.7 Å². The lowest BCUT2D eigenvalue weighted by Crippen LogP contribution is -2.06. The maximum absolute atomic E-state index is 11.0. The van der Waals surface area contributed by atoms with Gasteiger partial charge in [0.05, 0.1) is 0 Å². The van der Waals surface area contributed by atoms with E-state index in [0.717, 1.165) is 18.4 Å². The van der Waals surface area contributed by atoms with Gasteiger partial charge in [0, 0.05) is 30.9 Å². The second kappa shape index (κ2) is 4.74. The zero-order chi connectivity index (χ0) is 10.6. The summed E-state index contributed by atoms with van der Waals surface area (Å²) in [4.78, 5) is 21.3. The van der Waals surface area contributed by atoms with Crippen molar-refractivity contribution in [2.45, 2.75) is 26.8 Å². The third-order valence-corrected chi connectivity index (χ3v) is 2.18. The molecule has 3 heteroatoms. The molecule has 0 aromatic carbocycles. The van der Waals surface area contributed by atoms with Gasteiger partial charge >= 0.3 is 0 Å². The summed E-state index contributed by atoms with van der Waals surface area (Å²) in [6, 6.07) is 1.80. The lowest BCUT2D eigenvalue weighted by Gasteiger charge is -2.08. The van der Waals surface area contributed by atoms with Crippen LogP contribution in [-0.4, -0.2) is 16.6 Å². The second-order valence-corrected chi connectivity index (χ2v) is 3.66. The first-order chi connectivity index (χ1) is 6.63. The first-order valence-corrected chi connectivity index (χ1v) is 4.74. The normalized spacial score (nSPS) is 12.4. The molecular formula is C11H15NO2. The Morgan fingerprint density at radius 2 is 2.36 bits per heavy atom. The highest BCUT2D eigenvalue weighted by molar-refractivity contribution is 5.93. The summed E-state index contributed by atoms with van der Waals surface area (Å²) in [6.45, 7) is 4.35. The van der Waals surface area contributed by atoms with Gasteiger partial charge in [0.2, 0.25) is 0 Å². The fourth-order valence-corrected chi connectivity index (χ4v) is 1.36. The first kappa shape index (κ1) is 10.7. The van der Waals surface area contributed by atoms with Crippen molar-refractivity contribution in [3.05, 3.63) is 24.0 Å². The van der Waals surface area contributed by atoms with Gasteiger partial charge in [-0.25, -0.2) is 0 Å². The Hall–Kier alpha value is -1.38. The third-order valence-electron chi connectivity index (χ3n) is 2.18. The zero-order valence-electron chi connectivity index (χ0n) is 8.56. The summed E-state index contributed by atoms with van der Waals surface area (Å²) in [5, 5.41) is 0. The Bertz CT molecular complexity index is 328. The van der Waals surface area contributed by atoms with Crippen molar-refractivity contribution in [3.8, 4) is 0 Å². The molecule has 3 nitrogen and oxygen atoms in total. The van der Waals surface area contributed by atoms with Crippen molar-refractivity contribution < 1.29 is 9.59 Å². The van der Waals surface area contributed by atoms with Crippen molar-refractivity contribution in [3.63, 3.8) is 0 Å². The maximum Gasteiger partial charge on any atom is 0.161 e. The molecule has 14 heavy (non-hydrogen) atoms. The van der Waals surface area contributed by atoms with Crippen LogP contribution in [0.15, 0.2) is 18.5 Å². The van der Waals surface area contributed by atoms with Gasteiger partial charge in [0.1, 0.15) is 6.29 Å². The summed E-state index contributed by atoms with van der Waals surface area (Å²) >= 11 is 0. The summed E-state index contributed by atoms with van der Waals surface area (Å²) < 4.78 is 1.95. The number of hydrogen-bond donors (Lipinski definition) is 0. The molecule has 0 aliphatic carbocycles. The van der Waals surface area contributed by atoms with Gasteiger partial charge in [0.25, 0.3) is 0 Å². The highest BCUT2D eigenvalue weighted by Gasteiger charge is 2.05. The van der Waals surface area contributed by atoms with Crippen LogP contribution in [0.5, 0.6) is 0 Å². The molecule has 1 heterocycles. The molecule has 0 aliphatic rings. The van der Waals surface area contributed by atoms with E-state index in [1.54, 1.807) is 13.0 Å². The standard InChI is InChI=1S/C11H15NO2/c1-9(4-6-13)7-12-5-3-11(8-12)10(2)14/h3,5-6,8-9H,4,7H2,1-2H3. The number of carbonyl (C=O) groups excluding carboxylic acids is 2. The van der Waals surface area contributed by atoms with Gasteiger partial charge in [-0.3, -0.25) is 4.79 Å². The van der Waals surface area contributed by atoms with Gasteiger partial charge < -0.3 is 9.36 Å². The molecule has 0 N–H and O–H groups in total. The van der Waals surface area contributed by atoms with Gasteiger partial charge in [-0.1, -0.05) is 6.92 Å². The molecule has 76 valence electrons. The molecule has 0 spiro atoms. The van der Waals surface area contributed by atoms with E-state index in [9.17, 15) is 9.59 Å². The third kappa shape index (κ3) is 2.83. The Morgan fingerprint density at radius 3 is 2.86 bits per heavy atom.